The average molecular weight is 525 g/mol. The van der Waals surface area contributed by atoms with Crippen molar-refractivity contribution in [1.82, 2.24) is 9.55 Å². The zero-order valence-corrected chi connectivity index (χ0v) is 22.4. The van der Waals surface area contributed by atoms with Crippen molar-refractivity contribution in [1.29, 1.82) is 0 Å². The first-order valence-electron chi connectivity index (χ1n) is 13.0. The lowest BCUT2D eigenvalue weighted by Gasteiger charge is -2.19. The number of nitrogens with one attached hydrogen (secondary N) is 1. The number of ketones is 1. The molecule has 0 saturated carbocycles. The van der Waals surface area contributed by atoms with E-state index in [1.165, 1.54) is 5.56 Å². The van der Waals surface area contributed by atoms with Crippen molar-refractivity contribution in [2.45, 2.75) is 27.0 Å². The number of aryl methyl sites for hydroxylation is 2. The van der Waals surface area contributed by atoms with Crippen molar-refractivity contribution in [3.63, 3.8) is 0 Å². The number of carbonyl (C=O) groups is 2. The molecule has 1 N–H and O–H groups in total. The third-order valence-corrected chi connectivity index (χ3v) is 6.68. The summed E-state index contributed by atoms with van der Waals surface area (Å²) in [5.41, 5.74) is 5.57. The Kier molecular flexibility index (Phi) is 7.74. The van der Waals surface area contributed by atoms with Gasteiger partial charge in [-0.1, -0.05) is 30.3 Å². The Bertz CT molecular complexity index is 1460. The van der Waals surface area contributed by atoms with Gasteiger partial charge in [0.2, 0.25) is 0 Å². The maximum atomic E-state index is 13.4. The van der Waals surface area contributed by atoms with Crippen molar-refractivity contribution in [2.75, 3.05) is 37.0 Å². The summed E-state index contributed by atoms with van der Waals surface area (Å²) in [5, 5.41) is 2.74. The third kappa shape index (κ3) is 6.02. The highest BCUT2D eigenvalue weighted by Crippen LogP contribution is 2.30. The minimum absolute atomic E-state index is 0.388. The SMILES string of the molecule is Cc1cc(C)nc(N(C)CCOc2ccc(NC(=O)C(=O)c3c(-c4ccccc4)cc4n3CCOC4)cc2)c1. The maximum Gasteiger partial charge on any atom is 0.298 e. The largest absolute Gasteiger partial charge is 0.492 e. The molecule has 0 spiro atoms. The van der Waals surface area contributed by atoms with Gasteiger partial charge in [0, 0.05) is 36.2 Å². The summed E-state index contributed by atoms with van der Waals surface area (Å²) in [6.07, 6.45) is 0. The van der Waals surface area contributed by atoms with E-state index in [2.05, 4.69) is 22.1 Å². The molecule has 1 aliphatic heterocycles. The number of carbonyl (C=O) groups excluding carboxylic acids is 2. The van der Waals surface area contributed by atoms with Crippen molar-refractivity contribution in [2.24, 2.45) is 0 Å². The normalized spacial score (nSPS) is 12.5. The van der Waals surface area contributed by atoms with E-state index in [1.807, 2.05) is 67.1 Å². The van der Waals surface area contributed by atoms with Crippen molar-refractivity contribution in [3.8, 4) is 16.9 Å². The number of hydrogen-bond donors (Lipinski definition) is 1. The molecule has 8 nitrogen and oxygen atoms in total. The maximum absolute atomic E-state index is 13.4. The highest BCUT2D eigenvalue weighted by molar-refractivity contribution is 6.47. The molecule has 2 aromatic carbocycles. The molecule has 200 valence electrons. The monoisotopic (exact) mass is 524 g/mol. The minimum Gasteiger partial charge on any atom is -0.492 e. The molecule has 1 amide bonds. The Morgan fingerprint density at radius 3 is 2.56 bits per heavy atom. The lowest BCUT2D eigenvalue weighted by Crippen LogP contribution is -2.28. The van der Waals surface area contributed by atoms with Gasteiger partial charge < -0.3 is 24.3 Å². The number of benzene rings is 2. The number of rotatable bonds is 9. The number of amides is 1. The van der Waals surface area contributed by atoms with Gasteiger partial charge >= 0.3 is 0 Å². The second kappa shape index (κ2) is 11.5. The number of pyridine rings is 1. The van der Waals surface area contributed by atoms with E-state index >= 15 is 0 Å². The van der Waals surface area contributed by atoms with E-state index in [-0.39, 0.29) is 0 Å². The average Bonchev–Trinajstić information content (AvgIpc) is 3.33. The van der Waals surface area contributed by atoms with Crippen molar-refractivity contribution < 1.29 is 19.1 Å². The predicted octanol–water partition coefficient (Wildman–Crippen LogP) is 5.03. The summed E-state index contributed by atoms with van der Waals surface area (Å²) in [6, 6.07) is 22.7. The van der Waals surface area contributed by atoms with E-state index in [4.69, 9.17) is 9.47 Å². The van der Waals surface area contributed by atoms with Gasteiger partial charge in [0.15, 0.2) is 0 Å². The minimum atomic E-state index is -0.684. The molecule has 2 aromatic heterocycles. The van der Waals surface area contributed by atoms with E-state index in [0.717, 1.165) is 28.3 Å². The molecule has 0 atom stereocenters. The zero-order chi connectivity index (χ0) is 27.4. The van der Waals surface area contributed by atoms with Crippen LogP contribution < -0.4 is 15.0 Å². The van der Waals surface area contributed by atoms with Gasteiger partial charge in [-0.15, -0.1) is 0 Å². The molecule has 0 bridgehead atoms. The van der Waals surface area contributed by atoms with E-state index in [0.29, 0.717) is 50.0 Å². The third-order valence-electron chi connectivity index (χ3n) is 6.68. The molecule has 0 aliphatic carbocycles. The fourth-order valence-corrected chi connectivity index (χ4v) is 4.75. The predicted molar refractivity (Wildman–Crippen MR) is 151 cm³/mol. The lowest BCUT2D eigenvalue weighted by molar-refractivity contribution is -0.112. The number of aromatic nitrogens is 2. The van der Waals surface area contributed by atoms with Crippen LogP contribution in [0.15, 0.2) is 72.8 Å². The Hall–Kier alpha value is -4.43. The van der Waals surface area contributed by atoms with Gasteiger partial charge in [0.05, 0.1) is 19.8 Å². The van der Waals surface area contributed by atoms with E-state index in [9.17, 15) is 9.59 Å². The molecule has 3 heterocycles. The van der Waals surface area contributed by atoms with Crippen LogP contribution in [0.5, 0.6) is 5.75 Å². The number of nitrogens with zero attached hydrogens (tertiary/aromatic N) is 3. The first-order chi connectivity index (χ1) is 18.9. The Morgan fingerprint density at radius 2 is 1.82 bits per heavy atom. The zero-order valence-electron chi connectivity index (χ0n) is 22.4. The van der Waals surface area contributed by atoms with Crippen LogP contribution >= 0.6 is 0 Å². The first kappa shape index (κ1) is 26.2. The molecule has 1 aliphatic rings. The highest BCUT2D eigenvalue weighted by Gasteiger charge is 2.28. The molecule has 8 heteroatoms. The molecular formula is C31H32N4O4. The van der Waals surface area contributed by atoms with Crippen LogP contribution in [-0.2, 0) is 22.7 Å². The first-order valence-corrected chi connectivity index (χ1v) is 13.0. The molecule has 0 unspecified atom stereocenters. The molecular weight excluding hydrogens is 492 g/mol. The van der Waals surface area contributed by atoms with Gasteiger partial charge in [-0.2, -0.15) is 0 Å². The van der Waals surface area contributed by atoms with Gasteiger partial charge in [-0.05, 0) is 67.4 Å². The van der Waals surface area contributed by atoms with Crippen molar-refractivity contribution >= 4 is 23.2 Å². The summed E-state index contributed by atoms with van der Waals surface area (Å²) in [7, 11) is 1.98. The summed E-state index contributed by atoms with van der Waals surface area (Å²) in [5.74, 6) is 0.320. The van der Waals surface area contributed by atoms with Crippen LogP contribution in [0.3, 0.4) is 0 Å². The Morgan fingerprint density at radius 1 is 1.05 bits per heavy atom. The van der Waals surface area contributed by atoms with E-state index in [1.54, 1.807) is 24.3 Å². The number of likely N-dealkylation sites (N-methyl/N-ethyl adjacent to an activating group) is 1. The number of ether oxygens (including phenoxy) is 2. The van der Waals surface area contributed by atoms with E-state index < -0.39 is 11.7 Å². The number of fused-ring (bicyclic) bond motifs is 1. The summed E-state index contributed by atoms with van der Waals surface area (Å²) in [4.78, 5) is 33.1. The van der Waals surface area contributed by atoms with Crippen molar-refractivity contribution in [3.05, 3.63) is 95.4 Å². The van der Waals surface area contributed by atoms with Gasteiger partial charge in [0.1, 0.15) is 23.9 Å². The molecule has 0 radical (unpaired) electrons. The van der Waals surface area contributed by atoms with Gasteiger partial charge in [-0.25, -0.2) is 4.98 Å². The van der Waals surface area contributed by atoms with Crippen LogP contribution in [0.4, 0.5) is 11.5 Å². The molecule has 0 fully saturated rings. The van der Waals surface area contributed by atoms with Crippen LogP contribution in [0.2, 0.25) is 0 Å². The number of hydrogen-bond acceptors (Lipinski definition) is 6. The topological polar surface area (TPSA) is 85.7 Å². The molecule has 39 heavy (non-hydrogen) atoms. The van der Waals surface area contributed by atoms with Gasteiger partial charge in [-0.3, -0.25) is 9.59 Å². The Balaban J connectivity index is 1.22. The standard InChI is InChI=1S/C31H32N4O4/c1-21-17-22(2)32-28(18-21)34(3)13-16-39-26-11-9-24(10-12-26)33-31(37)30(36)29-27(23-7-5-4-6-8-23)19-25-20-38-15-14-35(25)29/h4-12,17-19H,13-16,20H2,1-3H3,(H,33,37). The highest BCUT2D eigenvalue weighted by atomic mass is 16.5. The second-order valence-corrected chi connectivity index (χ2v) is 9.69. The van der Waals surface area contributed by atoms with Crippen LogP contribution in [0.1, 0.15) is 27.4 Å². The quantitative estimate of drug-likeness (QED) is 0.244. The Labute approximate surface area is 228 Å². The fraction of sp³-hybridized carbons (Fsp3) is 0.258. The number of Topliss-reactive ketones (excluding diaryl/α,β-unsaturated/α-hetero) is 1. The summed E-state index contributed by atoms with van der Waals surface area (Å²) >= 11 is 0. The van der Waals surface area contributed by atoms with Crippen LogP contribution in [0, 0.1) is 13.8 Å². The fourth-order valence-electron chi connectivity index (χ4n) is 4.75. The number of anilines is 2. The summed E-state index contributed by atoms with van der Waals surface area (Å²) in [6.45, 7) is 6.61. The second-order valence-electron chi connectivity index (χ2n) is 9.69. The van der Waals surface area contributed by atoms with Gasteiger partial charge in [0.25, 0.3) is 11.7 Å². The van der Waals surface area contributed by atoms with Crippen LogP contribution in [-0.4, -0.2) is 48.0 Å². The lowest BCUT2D eigenvalue weighted by atomic mass is 10.0. The molecule has 0 saturated heterocycles. The smallest absolute Gasteiger partial charge is 0.298 e. The molecule has 4 aromatic rings. The summed E-state index contributed by atoms with van der Waals surface area (Å²) < 4.78 is 13.4. The molecule has 5 rings (SSSR count). The van der Waals surface area contributed by atoms with Crippen LogP contribution in [0.25, 0.3) is 11.1 Å².